The van der Waals surface area contributed by atoms with Crippen LogP contribution in [-0.4, -0.2) is 13.1 Å². The summed E-state index contributed by atoms with van der Waals surface area (Å²) in [7, 11) is 1.23. The highest BCUT2D eigenvalue weighted by Gasteiger charge is 2.09. The normalized spacial score (nSPS) is 10.5. The van der Waals surface area contributed by atoms with Crippen molar-refractivity contribution < 1.29 is 14.3 Å². The minimum absolute atomic E-state index is 0.120. The molecule has 0 bridgehead atoms. The molecule has 5 heteroatoms. The van der Waals surface area contributed by atoms with Crippen molar-refractivity contribution in [3.05, 3.63) is 71.9 Å². The second kappa shape index (κ2) is 8.25. The van der Waals surface area contributed by atoms with Crippen molar-refractivity contribution in [2.75, 3.05) is 12.4 Å². The number of nitrogens with one attached hydrogen (secondary N) is 1. The van der Waals surface area contributed by atoms with Gasteiger partial charge in [0, 0.05) is 6.20 Å². The van der Waals surface area contributed by atoms with Crippen molar-refractivity contribution in [2.24, 2.45) is 0 Å². The molecule has 2 rings (SSSR count). The molecule has 0 heterocycles. The maximum atomic E-state index is 11.4. The van der Waals surface area contributed by atoms with Crippen LogP contribution >= 0.6 is 0 Å². The van der Waals surface area contributed by atoms with Crippen LogP contribution in [-0.2, 0) is 16.1 Å². The highest BCUT2D eigenvalue weighted by atomic mass is 16.5. The lowest BCUT2D eigenvalue weighted by Crippen LogP contribution is -2.05. The molecule has 0 amide bonds. The van der Waals surface area contributed by atoms with E-state index in [2.05, 4.69) is 10.1 Å². The molecule has 5 nitrogen and oxygen atoms in total. The third-order valence-electron chi connectivity index (χ3n) is 3.02. The van der Waals surface area contributed by atoms with Crippen LogP contribution < -0.4 is 10.1 Å². The van der Waals surface area contributed by atoms with Gasteiger partial charge in [0.1, 0.15) is 18.4 Å². The molecule has 0 aliphatic rings. The van der Waals surface area contributed by atoms with Crippen LogP contribution in [0.25, 0.3) is 0 Å². The maximum absolute atomic E-state index is 11.4. The molecule has 0 saturated carbocycles. The van der Waals surface area contributed by atoms with E-state index >= 15 is 0 Å². The number of methoxy groups -OCH3 is 1. The van der Waals surface area contributed by atoms with Gasteiger partial charge in [-0.05, 0) is 17.7 Å². The average molecular weight is 308 g/mol. The fourth-order valence-electron chi connectivity index (χ4n) is 1.84. The van der Waals surface area contributed by atoms with E-state index in [-0.39, 0.29) is 5.57 Å². The second-order valence-corrected chi connectivity index (χ2v) is 4.58. The Balaban J connectivity index is 2.10. The first-order chi connectivity index (χ1) is 11.2. The molecular weight excluding hydrogens is 292 g/mol. The van der Waals surface area contributed by atoms with E-state index in [0.717, 1.165) is 5.56 Å². The molecule has 2 aromatic carbocycles. The van der Waals surface area contributed by atoms with Gasteiger partial charge in [0.25, 0.3) is 0 Å². The lowest BCUT2D eigenvalue weighted by atomic mass is 10.2. The lowest BCUT2D eigenvalue weighted by molar-refractivity contribution is -0.135. The van der Waals surface area contributed by atoms with Crippen LogP contribution in [0.5, 0.6) is 5.75 Å². The van der Waals surface area contributed by atoms with Crippen molar-refractivity contribution >= 4 is 11.7 Å². The molecule has 0 aliphatic carbocycles. The topological polar surface area (TPSA) is 71.4 Å². The molecule has 0 unspecified atom stereocenters. The summed E-state index contributed by atoms with van der Waals surface area (Å²) in [5.41, 5.74) is 1.58. The van der Waals surface area contributed by atoms with E-state index < -0.39 is 5.97 Å². The van der Waals surface area contributed by atoms with Crippen molar-refractivity contribution in [3.63, 3.8) is 0 Å². The van der Waals surface area contributed by atoms with Crippen LogP contribution in [0.4, 0.5) is 5.69 Å². The maximum Gasteiger partial charge on any atom is 0.350 e. The number of nitriles is 1. The zero-order valence-corrected chi connectivity index (χ0v) is 12.7. The van der Waals surface area contributed by atoms with Gasteiger partial charge in [-0.25, -0.2) is 4.79 Å². The summed E-state index contributed by atoms with van der Waals surface area (Å²) in [5.74, 6) is -0.0718. The van der Waals surface area contributed by atoms with Gasteiger partial charge < -0.3 is 14.8 Å². The van der Waals surface area contributed by atoms with E-state index in [4.69, 9.17) is 10.00 Å². The van der Waals surface area contributed by atoms with E-state index in [1.165, 1.54) is 13.3 Å². The number of anilines is 1. The highest BCUT2D eigenvalue weighted by Crippen LogP contribution is 2.25. The minimum atomic E-state index is -0.692. The average Bonchev–Trinajstić information content (AvgIpc) is 2.61. The molecule has 0 aliphatic heterocycles. The van der Waals surface area contributed by atoms with Gasteiger partial charge in [0.15, 0.2) is 5.57 Å². The van der Waals surface area contributed by atoms with E-state index in [9.17, 15) is 4.79 Å². The standard InChI is InChI=1S/C18H16N2O3/c1-22-18(21)15(11-19)12-20-16-9-5-6-10-17(16)23-13-14-7-3-2-4-8-14/h2-10,12,20H,13H2,1H3/b15-12-. The van der Waals surface area contributed by atoms with Gasteiger partial charge >= 0.3 is 5.97 Å². The molecule has 0 saturated heterocycles. The molecular formula is C18H16N2O3. The molecule has 23 heavy (non-hydrogen) atoms. The van der Waals surface area contributed by atoms with Gasteiger partial charge in [-0.2, -0.15) is 5.26 Å². The Hall–Kier alpha value is -3.26. The predicted octanol–water partition coefficient (Wildman–Crippen LogP) is 3.26. The van der Waals surface area contributed by atoms with Gasteiger partial charge in [0.2, 0.25) is 0 Å². The molecule has 0 aromatic heterocycles. The molecule has 0 radical (unpaired) electrons. The molecule has 0 fully saturated rings. The zero-order chi connectivity index (χ0) is 16.5. The molecule has 0 atom stereocenters. The Morgan fingerprint density at radius 1 is 1.17 bits per heavy atom. The Kier molecular flexibility index (Phi) is 5.78. The molecule has 116 valence electrons. The van der Waals surface area contributed by atoms with E-state index in [1.807, 2.05) is 48.5 Å². The van der Waals surface area contributed by atoms with Crippen LogP contribution in [0.15, 0.2) is 66.4 Å². The Morgan fingerprint density at radius 2 is 1.87 bits per heavy atom. The Labute approximate surface area is 134 Å². The quantitative estimate of drug-likeness (QED) is 0.504. The van der Waals surface area contributed by atoms with Gasteiger partial charge in [-0.15, -0.1) is 0 Å². The van der Waals surface area contributed by atoms with Crippen LogP contribution in [0.3, 0.4) is 0 Å². The smallest absolute Gasteiger partial charge is 0.350 e. The number of carbonyl (C=O) groups is 1. The van der Waals surface area contributed by atoms with Crippen LogP contribution in [0.2, 0.25) is 0 Å². The first-order valence-corrected chi connectivity index (χ1v) is 6.95. The summed E-state index contributed by atoms with van der Waals surface area (Å²) in [4.78, 5) is 11.4. The second-order valence-electron chi connectivity index (χ2n) is 4.58. The van der Waals surface area contributed by atoms with Gasteiger partial charge in [0.05, 0.1) is 12.8 Å². The zero-order valence-electron chi connectivity index (χ0n) is 12.7. The van der Waals surface area contributed by atoms with Gasteiger partial charge in [-0.1, -0.05) is 42.5 Å². The Bertz CT molecular complexity index is 733. The van der Waals surface area contributed by atoms with Crippen molar-refractivity contribution in [2.45, 2.75) is 6.61 Å². The number of rotatable bonds is 6. The third kappa shape index (κ3) is 4.61. The van der Waals surface area contributed by atoms with Crippen LogP contribution in [0.1, 0.15) is 5.56 Å². The number of ether oxygens (including phenoxy) is 2. The summed E-state index contributed by atoms with van der Waals surface area (Å²) >= 11 is 0. The summed E-state index contributed by atoms with van der Waals surface area (Å²) < 4.78 is 10.3. The van der Waals surface area contributed by atoms with Crippen molar-refractivity contribution in [3.8, 4) is 11.8 Å². The fraction of sp³-hybridized carbons (Fsp3) is 0.111. The molecule has 0 spiro atoms. The number of hydrogen-bond acceptors (Lipinski definition) is 5. The van der Waals surface area contributed by atoms with Crippen molar-refractivity contribution in [1.29, 1.82) is 5.26 Å². The number of hydrogen-bond donors (Lipinski definition) is 1. The number of para-hydroxylation sites is 2. The summed E-state index contributed by atoms with van der Waals surface area (Å²) in [5, 5.41) is 11.8. The third-order valence-corrected chi connectivity index (χ3v) is 3.02. The van der Waals surface area contributed by atoms with Crippen molar-refractivity contribution in [1.82, 2.24) is 0 Å². The Morgan fingerprint density at radius 3 is 2.57 bits per heavy atom. The largest absolute Gasteiger partial charge is 0.487 e. The minimum Gasteiger partial charge on any atom is -0.487 e. The summed E-state index contributed by atoms with van der Waals surface area (Å²) in [6.07, 6.45) is 1.30. The first kappa shape index (κ1) is 16.1. The number of nitrogens with zero attached hydrogens (tertiary/aromatic N) is 1. The number of carbonyl (C=O) groups excluding carboxylic acids is 1. The highest BCUT2D eigenvalue weighted by molar-refractivity contribution is 5.93. The van der Waals surface area contributed by atoms with E-state index in [0.29, 0.717) is 18.0 Å². The van der Waals surface area contributed by atoms with Gasteiger partial charge in [-0.3, -0.25) is 0 Å². The predicted molar refractivity (Wildman–Crippen MR) is 86.6 cm³/mol. The molecule has 1 N–H and O–H groups in total. The fourth-order valence-corrected chi connectivity index (χ4v) is 1.84. The first-order valence-electron chi connectivity index (χ1n) is 6.95. The monoisotopic (exact) mass is 308 g/mol. The number of esters is 1. The lowest BCUT2D eigenvalue weighted by Gasteiger charge is -2.11. The molecule has 2 aromatic rings. The van der Waals surface area contributed by atoms with E-state index in [1.54, 1.807) is 12.1 Å². The summed E-state index contributed by atoms with van der Waals surface area (Å²) in [6, 6.07) is 18.8. The number of benzene rings is 2. The van der Waals surface area contributed by atoms with Crippen LogP contribution in [0, 0.1) is 11.3 Å². The SMILES string of the molecule is COC(=O)/C(C#N)=C\Nc1ccccc1OCc1ccccc1. The summed E-state index contributed by atoms with van der Waals surface area (Å²) in [6.45, 7) is 0.422.